The maximum Gasteiger partial charge on any atom is 0.161 e. The topological polar surface area (TPSA) is 35.5 Å². The van der Waals surface area contributed by atoms with Gasteiger partial charge in [0, 0.05) is 0 Å². The molecular formula is C19H26O3. The van der Waals surface area contributed by atoms with Crippen molar-refractivity contribution in [2.24, 2.45) is 0 Å². The molecule has 0 amide bonds. The summed E-state index contributed by atoms with van der Waals surface area (Å²) in [5, 5.41) is 0. The first kappa shape index (κ1) is 18.0. The summed E-state index contributed by atoms with van der Waals surface area (Å²) in [6.45, 7) is 4.68. The van der Waals surface area contributed by atoms with Crippen molar-refractivity contribution in [3.8, 4) is 11.5 Å². The number of methoxy groups -OCH3 is 1. The lowest BCUT2D eigenvalue weighted by Gasteiger charge is -2.11. The number of ether oxygens (including phenoxy) is 2. The molecule has 0 radical (unpaired) electrons. The molecule has 1 aromatic rings. The van der Waals surface area contributed by atoms with E-state index in [9.17, 15) is 4.79 Å². The van der Waals surface area contributed by atoms with E-state index in [4.69, 9.17) is 9.47 Å². The zero-order valence-corrected chi connectivity index (χ0v) is 13.8. The van der Waals surface area contributed by atoms with Crippen molar-refractivity contribution in [3.05, 3.63) is 41.5 Å². The van der Waals surface area contributed by atoms with Crippen molar-refractivity contribution in [2.75, 3.05) is 13.7 Å². The zero-order valence-electron chi connectivity index (χ0n) is 13.8. The first-order valence-electron chi connectivity index (χ1n) is 7.82. The molecule has 0 unspecified atom stereocenters. The second kappa shape index (κ2) is 10.7. The lowest BCUT2D eigenvalue weighted by molar-refractivity contribution is -0.104. The van der Waals surface area contributed by atoms with Crippen LogP contribution in [0.4, 0.5) is 0 Å². The summed E-state index contributed by atoms with van der Waals surface area (Å²) in [4.78, 5) is 10.5. The zero-order chi connectivity index (χ0) is 16.2. The highest BCUT2D eigenvalue weighted by atomic mass is 16.5. The number of carbonyl (C=O) groups excluding carboxylic acids is 1. The van der Waals surface area contributed by atoms with Gasteiger partial charge in [-0.25, -0.2) is 0 Å². The van der Waals surface area contributed by atoms with Crippen LogP contribution in [0.2, 0.25) is 0 Å². The summed E-state index contributed by atoms with van der Waals surface area (Å²) in [5.41, 5.74) is 1.69. The number of hydrogen-bond donors (Lipinski definition) is 0. The van der Waals surface area contributed by atoms with Crippen LogP contribution in [-0.4, -0.2) is 20.0 Å². The van der Waals surface area contributed by atoms with Crippen LogP contribution in [0.1, 0.15) is 45.1 Å². The lowest BCUT2D eigenvalue weighted by atomic mass is 10.1. The molecule has 3 nitrogen and oxygen atoms in total. The molecule has 0 aliphatic heterocycles. The Morgan fingerprint density at radius 3 is 2.68 bits per heavy atom. The number of carbonyl (C=O) groups is 1. The van der Waals surface area contributed by atoms with Crippen LogP contribution in [-0.2, 0) is 4.79 Å². The molecule has 0 spiro atoms. The molecular weight excluding hydrogens is 276 g/mol. The fourth-order valence-electron chi connectivity index (χ4n) is 1.97. The fourth-order valence-corrected chi connectivity index (χ4v) is 1.97. The Balaban J connectivity index is 2.64. The smallest absolute Gasteiger partial charge is 0.161 e. The molecule has 0 fully saturated rings. The Kier molecular flexibility index (Phi) is 8.73. The maximum atomic E-state index is 10.5. The molecule has 0 atom stereocenters. The summed E-state index contributed by atoms with van der Waals surface area (Å²) < 4.78 is 11.2. The number of benzene rings is 1. The predicted molar refractivity (Wildman–Crippen MR) is 91.5 cm³/mol. The van der Waals surface area contributed by atoms with Gasteiger partial charge in [-0.1, -0.05) is 50.5 Å². The number of hydrogen-bond acceptors (Lipinski definition) is 3. The van der Waals surface area contributed by atoms with Crippen LogP contribution in [0.3, 0.4) is 0 Å². The molecule has 0 aromatic heterocycles. The quantitative estimate of drug-likeness (QED) is 0.269. The molecule has 0 aliphatic carbocycles. The summed E-state index contributed by atoms with van der Waals surface area (Å²) in [6.07, 6.45) is 11.1. The largest absolute Gasteiger partial charge is 0.493 e. The molecule has 0 aliphatic rings. The minimum Gasteiger partial charge on any atom is -0.493 e. The van der Waals surface area contributed by atoms with Gasteiger partial charge in [-0.05, 0) is 36.6 Å². The van der Waals surface area contributed by atoms with E-state index in [1.807, 2.05) is 30.4 Å². The molecule has 3 heteroatoms. The second-order valence-electron chi connectivity index (χ2n) is 5.21. The Morgan fingerprint density at radius 1 is 1.18 bits per heavy atom. The van der Waals surface area contributed by atoms with Crippen molar-refractivity contribution >= 4 is 12.4 Å². The third-order valence-electron chi connectivity index (χ3n) is 3.28. The summed E-state index contributed by atoms with van der Waals surface area (Å²) in [7, 11) is 1.64. The van der Waals surface area contributed by atoms with Crippen LogP contribution in [0.5, 0.6) is 11.5 Å². The third-order valence-corrected chi connectivity index (χ3v) is 3.28. The molecule has 0 saturated carbocycles. The van der Waals surface area contributed by atoms with Crippen molar-refractivity contribution < 1.29 is 14.3 Å². The van der Waals surface area contributed by atoms with E-state index in [0.717, 1.165) is 29.8 Å². The van der Waals surface area contributed by atoms with Gasteiger partial charge in [-0.2, -0.15) is 0 Å². The van der Waals surface area contributed by atoms with Crippen molar-refractivity contribution in [2.45, 2.75) is 39.5 Å². The van der Waals surface area contributed by atoms with Crippen molar-refractivity contribution in [3.63, 3.8) is 0 Å². The average molecular weight is 302 g/mol. The number of unbranched alkanes of at least 4 members (excludes halogenated alkanes) is 3. The van der Waals surface area contributed by atoms with Gasteiger partial charge in [0.2, 0.25) is 0 Å². The summed E-state index contributed by atoms with van der Waals surface area (Å²) in [6, 6.07) is 5.83. The molecule has 1 aromatic carbocycles. The Labute approximate surface area is 133 Å². The Morgan fingerprint density at radius 2 is 2.00 bits per heavy atom. The van der Waals surface area contributed by atoms with E-state index in [-0.39, 0.29) is 0 Å². The van der Waals surface area contributed by atoms with Crippen molar-refractivity contribution in [1.82, 2.24) is 0 Å². The maximum absolute atomic E-state index is 10.5. The van der Waals surface area contributed by atoms with E-state index in [2.05, 4.69) is 6.92 Å². The Bertz CT molecular complexity index is 515. The van der Waals surface area contributed by atoms with Crippen molar-refractivity contribution in [1.29, 1.82) is 0 Å². The molecule has 1 rings (SSSR count). The first-order chi connectivity index (χ1) is 10.7. The van der Waals surface area contributed by atoms with E-state index in [1.54, 1.807) is 20.1 Å². The monoisotopic (exact) mass is 302 g/mol. The van der Waals surface area contributed by atoms with Crippen LogP contribution < -0.4 is 9.47 Å². The predicted octanol–water partition coefficient (Wildman–Crippen LogP) is 4.81. The minimum atomic E-state index is 0.690. The molecule has 0 heterocycles. The van der Waals surface area contributed by atoms with Crippen LogP contribution >= 0.6 is 0 Å². The van der Waals surface area contributed by atoms with Gasteiger partial charge < -0.3 is 9.47 Å². The van der Waals surface area contributed by atoms with Gasteiger partial charge in [0.1, 0.15) is 6.29 Å². The van der Waals surface area contributed by atoms with E-state index in [1.165, 1.54) is 19.3 Å². The highest BCUT2D eigenvalue weighted by Gasteiger charge is 2.04. The standard InChI is InChI=1S/C19H26O3/c1-4-5-6-7-13-22-18-12-11-17(14-19(18)21-3)10-8-9-16(2)15-20/h8-12,14-15H,4-7,13H2,1-3H3/b10-8+,16-9+. The number of aldehydes is 1. The van der Waals surface area contributed by atoms with E-state index >= 15 is 0 Å². The fraction of sp³-hybridized carbons (Fsp3) is 0.421. The van der Waals surface area contributed by atoms with Crippen LogP contribution in [0, 0.1) is 0 Å². The lowest BCUT2D eigenvalue weighted by Crippen LogP contribution is -1.99. The summed E-state index contributed by atoms with van der Waals surface area (Å²) >= 11 is 0. The van der Waals surface area contributed by atoms with Gasteiger partial charge in [-0.15, -0.1) is 0 Å². The highest BCUT2D eigenvalue weighted by Crippen LogP contribution is 2.28. The molecule has 0 saturated heterocycles. The average Bonchev–Trinajstić information content (AvgIpc) is 2.55. The summed E-state index contributed by atoms with van der Waals surface area (Å²) in [5.74, 6) is 1.50. The second-order valence-corrected chi connectivity index (χ2v) is 5.21. The normalized spacial score (nSPS) is 11.7. The SMILES string of the molecule is CCCCCCOc1ccc(/C=C/C=C(\C)C=O)cc1OC. The molecule has 22 heavy (non-hydrogen) atoms. The molecule has 120 valence electrons. The van der Waals surface area contributed by atoms with Gasteiger partial charge in [0.05, 0.1) is 13.7 Å². The van der Waals surface area contributed by atoms with Gasteiger partial charge in [0.15, 0.2) is 11.5 Å². The van der Waals surface area contributed by atoms with E-state index < -0.39 is 0 Å². The van der Waals surface area contributed by atoms with Crippen LogP contribution in [0.25, 0.3) is 6.08 Å². The Hall–Kier alpha value is -2.03. The highest BCUT2D eigenvalue weighted by molar-refractivity contribution is 5.73. The number of allylic oxidation sites excluding steroid dienone is 3. The first-order valence-corrected chi connectivity index (χ1v) is 7.82. The molecule has 0 bridgehead atoms. The number of rotatable bonds is 10. The van der Waals surface area contributed by atoms with Gasteiger partial charge in [-0.3, -0.25) is 4.79 Å². The van der Waals surface area contributed by atoms with Gasteiger partial charge >= 0.3 is 0 Å². The van der Waals surface area contributed by atoms with E-state index in [0.29, 0.717) is 12.2 Å². The minimum absolute atomic E-state index is 0.690. The van der Waals surface area contributed by atoms with Crippen LogP contribution in [0.15, 0.2) is 35.9 Å². The molecule has 0 N–H and O–H groups in total. The third kappa shape index (κ3) is 6.61. The van der Waals surface area contributed by atoms with Gasteiger partial charge in [0.25, 0.3) is 0 Å².